The molecule has 1 amide bonds. The Hall–Kier alpha value is -1.59. The third-order valence-corrected chi connectivity index (χ3v) is 3.58. The van der Waals surface area contributed by atoms with Gasteiger partial charge in [0.25, 0.3) is 5.91 Å². The Morgan fingerprint density at radius 3 is 2.67 bits per heavy atom. The van der Waals surface area contributed by atoms with Crippen LogP contribution < -0.4 is 10.1 Å². The van der Waals surface area contributed by atoms with Crippen molar-refractivity contribution < 1.29 is 13.9 Å². The molecular weight excluding hydrogens is 361 g/mol. The van der Waals surface area contributed by atoms with Crippen LogP contribution in [-0.2, 0) is 4.79 Å². The lowest BCUT2D eigenvalue weighted by Gasteiger charge is -2.10. The van der Waals surface area contributed by atoms with Gasteiger partial charge in [-0.3, -0.25) is 4.79 Å². The summed E-state index contributed by atoms with van der Waals surface area (Å²) in [7, 11) is 0. The highest BCUT2D eigenvalue weighted by molar-refractivity contribution is 9.10. The van der Waals surface area contributed by atoms with Crippen molar-refractivity contribution in [2.24, 2.45) is 0 Å². The van der Waals surface area contributed by atoms with Crippen LogP contribution in [0.15, 0.2) is 40.9 Å². The van der Waals surface area contributed by atoms with Crippen LogP contribution in [0.5, 0.6) is 5.75 Å². The number of ether oxygens (including phenoxy) is 1. The topological polar surface area (TPSA) is 38.3 Å². The van der Waals surface area contributed by atoms with Crippen molar-refractivity contribution in [1.29, 1.82) is 0 Å². The molecule has 0 aliphatic heterocycles. The van der Waals surface area contributed by atoms with Crippen LogP contribution in [0.25, 0.3) is 0 Å². The molecule has 2 aromatic carbocycles. The van der Waals surface area contributed by atoms with Crippen molar-refractivity contribution >= 4 is 39.1 Å². The second kappa shape index (κ2) is 6.91. The van der Waals surface area contributed by atoms with Crippen molar-refractivity contribution in [2.45, 2.75) is 6.92 Å². The number of anilines is 1. The minimum absolute atomic E-state index is 0.143. The van der Waals surface area contributed by atoms with Crippen LogP contribution in [-0.4, -0.2) is 12.5 Å². The molecule has 21 heavy (non-hydrogen) atoms. The molecule has 0 radical (unpaired) electrons. The Morgan fingerprint density at radius 2 is 2.00 bits per heavy atom. The molecule has 0 spiro atoms. The average molecular weight is 373 g/mol. The number of benzene rings is 2. The summed E-state index contributed by atoms with van der Waals surface area (Å²) in [4.78, 5) is 11.8. The summed E-state index contributed by atoms with van der Waals surface area (Å²) in [5.41, 5.74) is 1.17. The van der Waals surface area contributed by atoms with Gasteiger partial charge in [0.1, 0.15) is 11.6 Å². The summed E-state index contributed by atoms with van der Waals surface area (Å²) in [6.07, 6.45) is 0. The first kappa shape index (κ1) is 15.8. The van der Waals surface area contributed by atoms with Gasteiger partial charge >= 0.3 is 0 Å². The Balaban J connectivity index is 1.96. The van der Waals surface area contributed by atoms with Crippen LogP contribution in [0, 0.1) is 12.7 Å². The van der Waals surface area contributed by atoms with Crippen LogP contribution >= 0.6 is 27.5 Å². The lowest BCUT2D eigenvalue weighted by molar-refractivity contribution is -0.118. The maximum Gasteiger partial charge on any atom is 0.262 e. The molecule has 1 N–H and O–H groups in total. The van der Waals surface area contributed by atoms with Gasteiger partial charge in [0.2, 0.25) is 0 Å². The first-order chi connectivity index (χ1) is 9.95. The van der Waals surface area contributed by atoms with Crippen molar-refractivity contribution in [3.63, 3.8) is 0 Å². The predicted octanol–water partition coefficient (Wildman–Crippen LogP) is 4.57. The zero-order chi connectivity index (χ0) is 15.4. The summed E-state index contributed by atoms with van der Waals surface area (Å²) in [6.45, 7) is 1.57. The van der Waals surface area contributed by atoms with E-state index in [1.54, 1.807) is 31.2 Å². The number of hydrogen-bond donors (Lipinski definition) is 1. The minimum Gasteiger partial charge on any atom is -0.484 e. The summed E-state index contributed by atoms with van der Waals surface area (Å²) < 4.78 is 18.9. The van der Waals surface area contributed by atoms with Gasteiger partial charge in [-0.15, -0.1) is 0 Å². The van der Waals surface area contributed by atoms with Crippen LogP contribution in [0.2, 0.25) is 5.02 Å². The molecule has 0 unspecified atom stereocenters. The molecule has 0 bridgehead atoms. The van der Waals surface area contributed by atoms with E-state index >= 15 is 0 Å². The zero-order valence-corrected chi connectivity index (χ0v) is 13.5. The molecule has 110 valence electrons. The van der Waals surface area contributed by atoms with E-state index in [0.717, 1.165) is 0 Å². The fourth-order valence-electron chi connectivity index (χ4n) is 1.65. The molecule has 6 heteroatoms. The van der Waals surface area contributed by atoms with Gasteiger partial charge in [-0.25, -0.2) is 4.39 Å². The molecule has 0 saturated carbocycles. The van der Waals surface area contributed by atoms with E-state index in [1.165, 1.54) is 12.1 Å². The van der Waals surface area contributed by atoms with Gasteiger partial charge in [-0.2, -0.15) is 0 Å². The quantitative estimate of drug-likeness (QED) is 0.854. The molecule has 0 fully saturated rings. The molecule has 0 atom stereocenters. The summed E-state index contributed by atoms with van der Waals surface area (Å²) in [6, 6.07) is 9.57. The van der Waals surface area contributed by atoms with Gasteiger partial charge in [0.15, 0.2) is 6.61 Å². The first-order valence-electron chi connectivity index (χ1n) is 6.09. The monoisotopic (exact) mass is 371 g/mol. The number of amides is 1. The van der Waals surface area contributed by atoms with Crippen molar-refractivity contribution in [3.8, 4) is 5.75 Å². The summed E-state index contributed by atoms with van der Waals surface area (Å²) >= 11 is 8.84. The maximum atomic E-state index is 13.3. The highest BCUT2D eigenvalue weighted by atomic mass is 79.9. The Labute approximate surface area is 135 Å². The Kier molecular flexibility index (Phi) is 5.20. The third kappa shape index (κ3) is 4.44. The van der Waals surface area contributed by atoms with Crippen LogP contribution in [0.4, 0.5) is 10.1 Å². The first-order valence-corrected chi connectivity index (χ1v) is 7.26. The summed E-state index contributed by atoms with van der Waals surface area (Å²) in [5.74, 6) is -0.152. The number of hydrogen-bond acceptors (Lipinski definition) is 2. The van der Waals surface area contributed by atoms with E-state index < -0.39 is 0 Å². The largest absolute Gasteiger partial charge is 0.484 e. The SMILES string of the molecule is Cc1cc(F)c(Br)cc1NC(=O)COc1ccc(Cl)cc1. The molecule has 0 saturated heterocycles. The third-order valence-electron chi connectivity index (χ3n) is 2.72. The van der Waals surface area contributed by atoms with E-state index in [0.29, 0.717) is 26.5 Å². The molecule has 0 heterocycles. The highest BCUT2D eigenvalue weighted by Crippen LogP contribution is 2.24. The van der Waals surface area contributed by atoms with Gasteiger partial charge in [-0.05, 0) is 64.8 Å². The number of nitrogens with one attached hydrogen (secondary N) is 1. The Morgan fingerprint density at radius 1 is 1.33 bits per heavy atom. The number of halogens is 3. The minimum atomic E-state index is -0.372. The number of aryl methyl sites for hydroxylation is 1. The lowest BCUT2D eigenvalue weighted by atomic mass is 10.2. The van der Waals surface area contributed by atoms with E-state index in [9.17, 15) is 9.18 Å². The van der Waals surface area contributed by atoms with Gasteiger partial charge in [0.05, 0.1) is 4.47 Å². The molecule has 0 aromatic heterocycles. The molecule has 2 aromatic rings. The van der Waals surface area contributed by atoms with Gasteiger partial charge in [-0.1, -0.05) is 11.6 Å². The fourth-order valence-corrected chi connectivity index (χ4v) is 2.12. The average Bonchev–Trinajstić information content (AvgIpc) is 2.44. The number of carbonyl (C=O) groups is 1. The lowest BCUT2D eigenvalue weighted by Crippen LogP contribution is -2.20. The second-order valence-electron chi connectivity index (χ2n) is 4.37. The van der Waals surface area contributed by atoms with Crippen molar-refractivity contribution in [1.82, 2.24) is 0 Å². The summed E-state index contributed by atoms with van der Waals surface area (Å²) in [5, 5.41) is 3.27. The smallest absolute Gasteiger partial charge is 0.262 e. The fraction of sp³-hybridized carbons (Fsp3) is 0.133. The zero-order valence-electron chi connectivity index (χ0n) is 11.1. The number of rotatable bonds is 4. The second-order valence-corrected chi connectivity index (χ2v) is 5.66. The van der Waals surface area contributed by atoms with Gasteiger partial charge in [0, 0.05) is 10.7 Å². The molecular formula is C15H12BrClFNO2. The molecule has 0 aliphatic rings. The van der Waals surface area contributed by atoms with Crippen molar-refractivity contribution in [3.05, 3.63) is 57.3 Å². The van der Waals surface area contributed by atoms with E-state index in [-0.39, 0.29) is 18.3 Å². The number of carbonyl (C=O) groups excluding carboxylic acids is 1. The van der Waals surface area contributed by atoms with E-state index in [1.807, 2.05) is 0 Å². The van der Waals surface area contributed by atoms with Crippen LogP contribution in [0.3, 0.4) is 0 Å². The Bertz CT molecular complexity index is 661. The van der Waals surface area contributed by atoms with Crippen molar-refractivity contribution in [2.75, 3.05) is 11.9 Å². The van der Waals surface area contributed by atoms with Crippen LogP contribution in [0.1, 0.15) is 5.56 Å². The highest BCUT2D eigenvalue weighted by Gasteiger charge is 2.09. The molecule has 2 rings (SSSR count). The molecule has 0 aliphatic carbocycles. The molecule has 3 nitrogen and oxygen atoms in total. The normalized spacial score (nSPS) is 10.3. The van der Waals surface area contributed by atoms with E-state index in [4.69, 9.17) is 16.3 Å². The predicted molar refractivity (Wildman–Crippen MR) is 84.4 cm³/mol. The van der Waals surface area contributed by atoms with E-state index in [2.05, 4.69) is 21.2 Å². The standard InChI is InChI=1S/C15H12BrClFNO2/c1-9-6-13(18)12(16)7-14(9)19-15(20)8-21-11-4-2-10(17)3-5-11/h2-7H,8H2,1H3,(H,19,20). The maximum absolute atomic E-state index is 13.3. The van der Waals surface area contributed by atoms with Gasteiger partial charge < -0.3 is 10.1 Å².